The van der Waals surface area contributed by atoms with Crippen molar-refractivity contribution in [1.29, 1.82) is 0 Å². The van der Waals surface area contributed by atoms with Gasteiger partial charge in [0.25, 0.3) is 0 Å². The Labute approximate surface area is 205 Å². The van der Waals surface area contributed by atoms with Gasteiger partial charge in [0.1, 0.15) is 5.69 Å². The molecular weight excluding hydrogens is 440 g/mol. The largest absolute Gasteiger partial charge is 0.348 e. The minimum Gasteiger partial charge on any atom is -0.348 e. The number of aromatic nitrogens is 3. The molecule has 0 aliphatic carbocycles. The number of fused-ring (bicyclic) bond motifs is 1. The Morgan fingerprint density at radius 3 is 2.17 bits per heavy atom. The zero-order valence-electron chi connectivity index (χ0n) is 20.1. The van der Waals surface area contributed by atoms with Crippen molar-refractivity contribution in [3.63, 3.8) is 0 Å². The van der Waals surface area contributed by atoms with Crippen LogP contribution in [0.5, 0.6) is 0 Å². The monoisotopic (exact) mass is 469 g/mol. The Morgan fingerprint density at radius 2 is 1.51 bits per heavy atom. The lowest BCUT2D eigenvalue weighted by molar-refractivity contribution is 0.550. The normalized spacial score (nSPS) is 12.7. The molecule has 0 spiro atoms. The predicted octanol–water partition coefficient (Wildman–Crippen LogP) is 8.18. The lowest BCUT2D eigenvalue weighted by Crippen LogP contribution is -2.00. The van der Waals surface area contributed by atoms with Gasteiger partial charge >= 0.3 is 0 Å². The molecule has 0 N–H and O–H groups in total. The summed E-state index contributed by atoms with van der Waals surface area (Å²) < 4.78 is 29.8. The van der Waals surface area contributed by atoms with E-state index in [1.165, 1.54) is 35.6 Å². The van der Waals surface area contributed by atoms with Crippen molar-refractivity contribution in [3.8, 4) is 22.5 Å². The van der Waals surface area contributed by atoms with E-state index in [4.69, 9.17) is 0 Å². The van der Waals surface area contributed by atoms with E-state index in [0.29, 0.717) is 17.9 Å². The number of benzene rings is 2. The van der Waals surface area contributed by atoms with Crippen LogP contribution in [0.4, 0.5) is 8.78 Å². The van der Waals surface area contributed by atoms with E-state index in [1.807, 2.05) is 23.0 Å². The lowest BCUT2D eigenvalue weighted by atomic mass is 10.0. The number of halogens is 2. The number of imidazole rings is 1. The van der Waals surface area contributed by atoms with Crippen LogP contribution < -0.4 is 0 Å². The molecule has 2 aliphatic rings. The van der Waals surface area contributed by atoms with Crippen LogP contribution in [0.25, 0.3) is 28.6 Å². The summed E-state index contributed by atoms with van der Waals surface area (Å²) in [7, 11) is 0. The van der Waals surface area contributed by atoms with Crippen molar-refractivity contribution in [3.05, 3.63) is 114 Å². The first-order valence-corrected chi connectivity index (χ1v) is 11.9. The van der Waals surface area contributed by atoms with Crippen molar-refractivity contribution >= 4 is 6.08 Å². The van der Waals surface area contributed by atoms with Crippen molar-refractivity contribution in [2.45, 2.75) is 39.7 Å². The Morgan fingerprint density at radius 1 is 0.857 bits per heavy atom. The third kappa shape index (κ3) is 6.38. The van der Waals surface area contributed by atoms with E-state index >= 15 is 0 Å². The van der Waals surface area contributed by atoms with Gasteiger partial charge in [-0.1, -0.05) is 74.0 Å². The van der Waals surface area contributed by atoms with Gasteiger partial charge in [-0.25, -0.2) is 18.7 Å². The summed E-state index contributed by atoms with van der Waals surface area (Å²) in [5.41, 5.74) is 6.20. The molecular formula is C30H29F2N3. The van der Waals surface area contributed by atoms with Crippen LogP contribution in [0.2, 0.25) is 0 Å². The molecule has 0 saturated carbocycles. The Kier molecular flexibility index (Phi) is 7.99. The fourth-order valence-electron chi connectivity index (χ4n) is 3.83. The molecule has 5 heteroatoms. The molecule has 2 aliphatic heterocycles. The van der Waals surface area contributed by atoms with Gasteiger partial charge in [0.2, 0.25) is 0 Å². The molecule has 2 heterocycles. The molecule has 0 fully saturated rings. The highest BCUT2D eigenvalue weighted by Gasteiger charge is 2.12. The van der Waals surface area contributed by atoms with Gasteiger partial charge in [-0.2, -0.15) is 0 Å². The van der Waals surface area contributed by atoms with Crippen LogP contribution in [-0.4, -0.2) is 14.5 Å². The summed E-state index contributed by atoms with van der Waals surface area (Å²) in [5.74, 6) is -1.81. The van der Waals surface area contributed by atoms with Crippen LogP contribution >= 0.6 is 0 Å². The molecule has 4 rings (SSSR count). The lowest BCUT2D eigenvalue weighted by Gasteiger charge is -2.09. The third-order valence-electron chi connectivity index (χ3n) is 5.79. The number of nitrogens with zero attached hydrogens (tertiary/aromatic N) is 3. The number of hydrogen-bond acceptors (Lipinski definition) is 2. The first kappa shape index (κ1) is 24.3. The maximum absolute atomic E-state index is 14.0. The zero-order valence-corrected chi connectivity index (χ0v) is 20.1. The number of pyridine rings is 1. The molecule has 0 bridgehead atoms. The summed E-state index contributed by atoms with van der Waals surface area (Å²) in [6.07, 6.45) is 12.5. The Hall–Kier alpha value is -3.86. The van der Waals surface area contributed by atoms with Crippen molar-refractivity contribution in [1.82, 2.24) is 14.5 Å². The van der Waals surface area contributed by atoms with E-state index in [9.17, 15) is 8.78 Å². The SMILES string of the molecule is C\C=C/C=C(F)\C(F)=C\c1nc2ccn(Cc3ccc(-c4ccc(CCCC)cc4)cc3)cc-2n1. The molecule has 0 atom stereocenters. The summed E-state index contributed by atoms with van der Waals surface area (Å²) in [6.45, 7) is 4.61. The van der Waals surface area contributed by atoms with Crippen LogP contribution in [0.1, 0.15) is 43.6 Å². The number of unbranched alkanes of at least 4 members (excludes halogenated alkanes) is 1. The average Bonchev–Trinajstić information content (AvgIpc) is 3.28. The molecule has 178 valence electrons. The first-order chi connectivity index (χ1) is 17.1. The van der Waals surface area contributed by atoms with E-state index in [1.54, 1.807) is 13.0 Å². The van der Waals surface area contributed by atoms with Gasteiger partial charge in [0.05, 0.1) is 5.69 Å². The van der Waals surface area contributed by atoms with Crippen LogP contribution in [0.15, 0.2) is 96.9 Å². The molecule has 0 saturated heterocycles. The summed E-state index contributed by atoms with van der Waals surface area (Å²) in [4.78, 5) is 8.62. The fraction of sp³-hybridized carbons (Fsp3) is 0.200. The van der Waals surface area contributed by atoms with Crippen LogP contribution in [0, 0.1) is 0 Å². The highest BCUT2D eigenvalue weighted by Crippen LogP contribution is 2.24. The molecule has 2 aromatic carbocycles. The summed E-state index contributed by atoms with van der Waals surface area (Å²) >= 11 is 0. The smallest absolute Gasteiger partial charge is 0.162 e. The Balaban J connectivity index is 1.45. The second kappa shape index (κ2) is 11.5. The number of aryl methyl sites for hydroxylation is 1. The second-order valence-corrected chi connectivity index (χ2v) is 8.50. The quantitative estimate of drug-likeness (QED) is 0.231. The first-order valence-electron chi connectivity index (χ1n) is 11.9. The van der Waals surface area contributed by atoms with Crippen LogP contribution in [0.3, 0.4) is 0 Å². The molecule has 2 aromatic rings. The van der Waals surface area contributed by atoms with E-state index in [2.05, 4.69) is 65.4 Å². The number of rotatable bonds is 9. The highest BCUT2D eigenvalue weighted by atomic mass is 19.2. The summed E-state index contributed by atoms with van der Waals surface area (Å²) in [5, 5.41) is 0. The van der Waals surface area contributed by atoms with Crippen LogP contribution in [-0.2, 0) is 13.0 Å². The van der Waals surface area contributed by atoms with Gasteiger partial charge in [0, 0.05) is 25.0 Å². The molecule has 0 aromatic heterocycles. The van der Waals surface area contributed by atoms with E-state index in [-0.39, 0.29) is 5.82 Å². The van der Waals surface area contributed by atoms with Gasteiger partial charge in [-0.3, -0.25) is 0 Å². The van der Waals surface area contributed by atoms with E-state index in [0.717, 1.165) is 24.1 Å². The average molecular weight is 470 g/mol. The topological polar surface area (TPSA) is 30.7 Å². The molecule has 35 heavy (non-hydrogen) atoms. The zero-order chi connectivity index (χ0) is 24.6. The number of allylic oxidation sites excluding steroid dienone is 5. The van der Waals surface area contributed by atoms with Crippen molar-refractivity contribution < 1.29 is 8.78 Å². The Bertz CT molecular complexity index is 1310. The molecule has 3 nitrogen and oxygen atoms in total. The van der Waals surface area contributed by atoms with Gasteiger partial charge in [-0.05, 0) is 54.2 Å². The van der Waals surface area contributed by atoms with Gasteiger partial charge < -0.3 is 4.57 Å². The predicted molar refractivity (Wildman–Crippen MR) is 139 cm³/mol. The highest BCUT2D eigenvalue weighted by molar-refractivity contribution is 5.64. The van der Waals surface area contributed by atoms with Crippen molar-refractivity contribution in [2.75, 3.05) is 0 Å². The van der Waals surface area contributed by atoms with E-state index < -0.39 is 11.7 Å². The maximum atomic E-state index is 14.0. The minimum absolute atomic E-state index is 0.143. The molecule has 0 radical (unpaired) electrons. The standard InChI is InChI=1S/C30H29F2N3/c1-3-5-7-22-9-13-24(14-10-22)25-15-11-23(12-16-25)20-35-18-17-28-29(21-35)34-30(33-28)19-27(32)26(31)8-6-4-2/h4,6,8-19,21H,3,5,7,20H2,1-2H3/b6-4-,26-8+,27-19-. The van der Waals surface area contributed by atoms with Gasteiger partial charge in [-0.15, -0.1) is 0 Å². The fourth-order valence-corrected chi connectivity index (χ4v) is 3.83. The third-order valence-corrected chi connectivity index (χ3v) is 5.79. The number of hydrogen-bond donors (Lipinski definition) is 0. The molecule has 0 unspecified atom stereocenters. The summed E-state index contributed by atoms with van der Waals surface area (Å²) in [6, 6.07) is 19.2. The van der Waals surface area contributed by atoms with Crippen molar-refractivity contribution in [2.24, 2.45) is 0 Å². The minimum atomic E-state index is -0.998. The maximum Gasteiger partial charge on any atom is 0.162 e. The second-order valence-electron chi connectivity index (χ2n) is 8.50. The van der Waals surface area contributed by atoms with Gasteiger partial charge in [0.15, 0.2) is 17.5 Å². The molecule has 0 amide bonds.